The predicted octanol–water partition coefficient (Wildman–Crippen LogP) is 5.79. The molecule has 0 saturated heterocycles. The van der Waals surface area contributed by atoms with Gasteiger partial charge in [0.05, 0.1) is 10.4 Å². The lowest BCUT2D eigenvalue weighted by Crippen LogP contribution is -2.05. The Bertz CT molecular complexity index is 701. The van der Waals surface area contributed by atoms with E-state index in [1.165, 1.54) is 17.4 Å². The highest BCUT2D eigenvalue weighted by atomic mass is 79.9. The summed E-state index contributed by atoms with van der Waals surface area (Å²) in [6.07, 6.45) is -2.57. The van der Waals surface area contributed by atoms with Crippen LogP contribution in [0.15, 0.2) is 34.8 Å². The number of thiophene rings is 1. The second kappa shape index (κ2) is 5.25. The molecule has 1 nitrogen and oxygen atoms in total. The fourth-order valence-electron chi connectivity index (χ4n) is 2.07. The molecule has 0 spiro atoms. The first-order valence-electron chi connectivity index (χ1n) is 6.37. The van der Waals surface area contributed by atoms with Gasteiger partial charge in [0.25, 0.3) is 0 Å². The van der Waals surface area contributed by atoms with E-state index in [-0.39, 0.29) is 16.2 Å². The van der Waals surface area contributed by atoms with E-state index in [1.807, 2.05) is 0 Å². The van der Waals surface area contributed by atoms with Crippen molar-refractivity contribution in [2.24, 2.45) is 5.92 Å². The summed E-state index contributed by atoms with van der Waals surface area (Å²) in [5, 5.41) is 0. The highest BCUT2D eigenvalue weighted by Gasteiger charge is 2.34. The Kier molecular flexibility index (Phi) is 3.69. The average molecular weight is 375 g/mol. The average Bonchev–Trinajstić information content (AvgIpc) is 3.15. The van der Waals surface area contributed by atoms with Crippen LogP contribution in [0.5, 0.6) is 0 Å². The van der Waals surface area contributed by atoms with Crippen molar-refractivity contribution in [3.63, 3.8) is 0 Å². The molecule has 0 atom stereocenters. The molecular formula is C15H10BrF3OS. The summed E-state index contributed by atoms with van der Waals surface area (Å²) in [5.74, 6) is 0.228. The van der Waals surface area contributed by atoms with Crippen LogP contribution >= 0.6 is 27.3 Å². The Morgan fingerprint density at radius 2 is 1.90 bits per heavy atom. The summed E-state index contributed by atoms with van der Waals surface area (Å²) in [5.41, 5.74) is -0.228. The van der Waals surface area contributed by atoms with Crippen LogP contribution < -0.4 is 0 Å². The van der Waals surface area contributed by atoms with E-state index in [9.17, 15) is 18.0 Å². The molecule has 1 heterocycles. The first kappa shape index (κ1) is 14.8. The Balaban J connectivity index is 1.95. The van der Waals surface area contributed by atoms with Crippen molar-refractivity contribution in [2.45, 2.75) is 19.0 Å². The quantitative estimate of drug-likeness (QED) is 0.621. The van der Waals surface area contributed by atoms with E-state index in [0.29, 0.717) is 15.3 Å². The molecule has 0 radical (unpaired) electrons. The van der Waals surface area contributed by atoms with Crippen LogP contribution in [-0.4, -0.2) is 5.78 Å². The van der Waals surface area contributed by atoms with Crippen molar-refractivity contribution in [1.82, 2.24) is 0 Å². The van der Waals surface area contributed by atoms with Gasteiger partial charge >= 0.3 is 6.18 Å². The highest BCUT2D eigenvalue weighted by molar-refractivity contribution is 9.10. The smallest absolute Gasteiger partial charge is 0.293 e. The van der Waals surface area contributed by atoms with Gasteiger partial charge in [0, 0.05) is 15.3 Å². The number of hydrogen-bond acceptors (Lipinski definition) is 2. The SMILES string of the molecule is O=C(c1ccc(-c2ccc(Br)c(C(F)(F)F)c2)s1)C1CC1. The Morgan fingerprint density at radius 1 is 1.19 bits per heavy atom. The van der Waals surface area contributed by atoms with Gasteiger partial charge < -0.3 is 0 Å². The van der Waals surface area contributed by atoms with Gasteiger partial charge in [-0.25, -0.2) is 0 Å². The molecule has 1 aromatic carbocycles. The summed E-state index contributed by atoms with van der Waals surface area (Å²) in [6, 6.07) is 7.54. The second-order valence-electron chi connectivity index (χ2n) is 4.99. The zero-order chi connectivity index (χ0) is 15.2. The summed E-state index contributed by atoms with van der Waals surface area (Å²) in [6.45, 7) is 0. The van der Waals surface area contributed by atoms with Crippen LogP contribution in [0.3, 0.4) is 0 Å². The third-order valence-corrected chi connectivity index (χ3v) is 5.19. The van der Waals surface area contributed by atoms with Crippen molar-refractivity contribution in [3.8, 4) is 10.4 Å². The predicted molar refractivity (Wildman–Crippen MR) is 79.5 cm³/mol. The molecule has 21 heavy (non-hydrogen) atoms. The number of Topliss-reactive ketones (excluding diaryl/α,β-unsaturated/α-hetero) is 1. The van der Waals surface area contributed by atoms with E-state index >= 15 is 0 Å². The standard InChI is InChI=1S/C15H10BrF3OS/c16-11-4-3-9(7-10(11)15(17,18)19)12-5-6-13(21-12)14(20)8-1-2-8/h3-8H,1-2H2. The third kappa shape index (κ3) is 3.06. The monoisotopic (exact) mass is 374 g/mol. The first-order valence-corrected chi connectivity index (χ1v) is 7.98. The number of carbonyl (C=O) groups excluding carboxylic acids is 1. The van der Waals surface area contributed by atoms with Gasteiger partial charge in [0.2, 0.25) is 0 Å². The number of rotatable bonds is 3. The number of carbonyl (C=O) groups is 1. The van der Waals surface area contributed by atoms with Gasteiger partial charge in [0.1, 0.15) is 0 Å². The normalized spacial score (nSPS) is 15.2. The molecule has 1 saturated carbocycles. The van der Waals surface area contributed by atoms with E-state index in [0.717, 1.165) is 18.9 Å². The van der Waals surface area contributed by atoms with Crippen molar-refractivity contribution < 1.29 is 18.0 Å². The lowest BCUT2D eigenvalue weighted by Gasteiger charge is -2.10. The molecule has 0 aliphatic heterocycles. The van der Waals surface area contributed by atoms with E-state index in [1.54, 1.807) is 18.2 Å². The summed E-state index contributed by atoms with van der Waals surface area (Å²) >= 11 is 4.18. The number of halogens is 4. The van der Waals surface area contributed by atoms with Crippen molar-refractivity contribution in [2.75, 3.05) is 0 Å². The maximum absolute atomic E-state index is 12.9. The fourth-order valence-corrected chi connectivity index (χ4v) is 3.56. The number of alkyl halides is 3. The molecule has 1 fully saturated rings. The zero-order valence-electron chi connectivity index (χ0n) is 10.7. The highest BCUT2D eigenvalue weighted by Crippen LogP contribution is 2.40. The fraction of sp³-hybridized carbons (Fsp3) is 0.267. The van der Waals surface area contributed by atoms with Gasteiger partial charge in [0.15, 0.2) is 5.78 Å². The van der Waals surface area contributed by atoms with Crippen molar-refractivity contribution in [1.29, 1.82) is 0 Å². The molecule has 0 N–H and O–H groups in total. The van der Waals surface area contributed by atoms with Crippen molar-refractivity contribution in [3.05, 3.63) is 45.2 Å². The van der Waals surface area contributed by atoms with Crippen LogP contribution in [-0.2, 0) is 6.18 Å². The maximum Gasteiger partial charge on any atom is 0.417 e. The van der Waals surface area contributed by atoms with Gasteiger partial charge in [-0.05, 0) is 42.7 Å². The molecule has 1 aliphatic rings. The second-order valence-corrected chi connectivity index (χ2v) is 6.93. The lowest BCUT2D eigenvalue weighted by molar-refractivity contribution is -0.138. The molecule has 2 aromatic rings. The van der Waals surface area contributed by atoms with Crippen LogP contribution in [0.25, 0.3) is 10.4 Å². The molecule has 0 amide bonds. The van der Waals surface area contributed by atoms with E-state index in [4.69, 9.17) is 0 Å². The molecular weight excluding hydrogens is 365 g/mol. The third-order valence-electron chi connectivity index (χ3n) is 3.35. The molecule has 0 bridgehead atoms. The molecule has 6 heteroatoms. The molecule has 0 unspecified atom stereocenters. The van der Waals surface area contributed by atoms with Gasteiger partial charge in [-0.15, -0.1) is 11.3 Å². The Hall–Kier alpha value is -1.14. The minimum atomic E-state index is -4.40. The summed E-state index contributed by atoms with van der Waals surface area (Å²) in [7, 11) is 0. The van der Waals surface area contributed by atoms with Gasteiger partial charge in [-0.2, -0.15) is 13.2 Å². The molecule has 1 aromatic heterocycles. The van der Waals surface area contributed by atoms with E-state index < -0.39 is 11.7 Å². The van der Waals surface area contributed by atoms with Crippen LogP contribution in [0.2, 0.25) is 0 Å². The largest absolute Gasteiger partial charge is 0.417 e. The Labute approximate surface area is 131 Å². The molecule has 3 rings (SSSR count). The first-order chi connectivity index (χ1) is 9.86. The zero-order valence-corrected chi connectivity index (χ0v) is 13.1. The maximum atomic E-state index is 12.9. The van der Waals surface area contributed by atoms with Crippen LogP contribution in [0, 0.1) is 5.92 Å². The number of benzene rings is 1. The minimum absolute atomic E-state index is 0.0181. The van der Waals surface area contributed by atoms with Gasteiger partial charge in [-0.3, -0.25) is 4.79 Å². The van der Waals surface area contributed by atoms with Gasteiger partial charge in [-0.1, -0.05) is 22.0 Å². The minimum Gasteiger partial charge on any atom is -0.293 e. The summed E-state index contributed by atoms with van der Waals surface area (Å²) < 4.78 is 38.8. The van der Waals surface area contributed by atoms with E-state index in [2.05, 4.69) is 15.9 Å². The van der Waals surface area contributed by atoms with Crippen molar-refractivity contribution >= 4 is 33.0 Å². The van der Waals surface area contributed by atoms with Crippen LogP contribution in [0.4, 0.5) is 13.2 Å². The molecule has 110 valence electrons. The van der Waals surface area contributed by atoms with Crippen LogP contribution in [0.1, 0.15) is 28.1 Å². The Morgan fingerprint density at radius 3 is 2.52 bits per heavy atom. The topological polar surface area (TPSA) is 17.1 Å². The number of ketones is 1. The number of hydrogen-bond donors (Lipinski definition) is 0. The summed E-state index contributed by atoms with van der Waals surface area (Å²) in [4.78, 5) is 13.3. The molecule has 1 aliphatic carbocycles. The lowest BCUT2D eigenvalue weighted by atomic mass is 10.1.